The zero-order valence-electron chi connectivity index (χ0n) is 34.5. The summed E-state index contributed by atoms with van der Waals surface area (Å²) in [4.78, 5) is 45.9. The molecule has 2 saturated heterocycles. The van der Waals surface area contributed by atoms with Gasteiger partial charge in [-0.05, 0) is 118 Å². The summed E-state index contributed by atoms with van der Waals surface area (Å²) in [7, 11) is 0. The Hall–Kier alpha value is -4.98. The van der Waals surface area contributed by atoms with Crippen molar-refractivity contribution >= 4 is 47.2 Å². The number of nitrogens with zero attached hydrogens (tertiary/aromatic N) is 5. The molecular formula is C46H53Cl2FN8O4. The summed E-state index contributed by atoms with van der Waals surface area (Å²) in [6, 6.07) is 11.0. The Labute approximate surface area is 366 Å². The number of aromatic nitrogens is 3. The average Bonchev–Trinajstić information content (AvgIpc) is 3.88. The Kier molecular flexibility index (Phi) is 12.7. The number of rotatable bonds is 14. The van der Waals surface area contributed by atoms with E-state index in [-0.39, 0.29) is 34.1 Å². The van der Waals surface area contributed by atoms with Crippen LogP contribution in [0.15, 0.2) is 67.3 Å². The summed E-state index contributed by atoms with van der Waals surface area (Å²) < 4.78 is 22.4. The fourth-order valence-corrected chi connectivity index (χ4v) is 10.6. The molecule has 1 saturated carbocycles. The number of allylic oxidation sites excluding steroid dienone is 1. The van der Waals surface area contributed by atoms with Crippen molar-refractivity contribution in [3.8, 4) is 16.9 Å². The number of benzene rings is 2. The second-order valence-electron chi connectivity index (χ2n) is 17.2. The molecule has 2 aromatic carbocycles. The first-order valence-corrected chi connectivity index (χ1v) is 22.1. The molecule has 0 spiro atoms. The van der Waals surface area contributed by atoms with Gasteiger partial charge in [-0.1, -0.05) is 41.9 Å². The molecule has 0 bridgehead atoms. The summed E-state index contributed by atoms with van der Waals surface area (Å²) in [5.74, 6) is -0.274. The van der Waals surface area contributed by atoms with Crippen LogP contribution >= 0.6 is 23.2 Å². The maximum absolute atomic E-state index is 14.2. The second kappa shape index (κ2) is 18.2. The van der Waals surface area contributed by atoms with Crippen LogP contribution in [0, 0.1) is 11.2 Å². The molecule has 4 N–H and O–H groups in total. The van der Waals surface area contributed by atoms with Gasteiger partial charge >= 0.3 is 0 Å². The monoisotopic (exact) mass is 870 g/mol. The van der Waals surface area contributed by atoms with Crippen LogP contribution < -0.4 is 21.1 Å². The van der Waals surface area contributed by atoms with Gasteiger partial charge < -0.3 is 30.9 Å². The number of nitrogens with one attached hydrogen (secondary N) is 2. The van der Waals surface area contributed by atoms with Crippen LogP contribution in [0.2, 0.25) is 10.0 Å². The van der Waals surface area contributed by atoms with E-state index >= 15 is 0 Å². The standard InChI is InChI=1S/C46H53Cl2FN8O4/c1-28-3-8-39(44(59)54-28)56-25-32-21-30(4-5-36(32)45(56)60)9-14-46(17-18-51-27-58)15-10-34(11-16-46)55-19-12-35(13-20-55)57-26-33(24-53-57)31-22-40(43(50)52-23-31)61-29(2)41-37(47)6-7-38(49)42(41)48/h4-7,21-24,26-27,29,34-35,39H,1,3,8-20,25H2,2H3,(H2,50,52)(H,51,58)(H,54,59)/t29-,34?,39?,46?/m1/s1. The average molecular weight is 872 g/mol. The molecule has 0 radical (unpaired) electrons. The number of carbonyl (C=O) groups is 3. The summed E-state index contributed by atoms with van der Waals surface area (Å²) in [5, 5.41) is 10.7. The lowest BCUT2D eigenvalue weighted by Crippen LogP contribution is -2.49. The van der Waals surface area contributed by atoms with Crippen LogP contribution in [-0.2, 0) is 22.6 Å². The van der Waals surface area contributed by atoms with E-state index in [1.165, 1.54) is 17.7 Å². The summed E-state index contributed by atoms with van der Waals surface area (Å²) in [6.07, 6.45) is 16.2. The Balaban J connectivity index is 0.849. The third kappa shape index (κ3) is 9.15. The van der Waals surface area contributed by atoms with Gasteiger partial charge in [-0.3, -0.25) is 19.1 Å². The van der Waals surface area contributed by atoms with Crippen molar-refractivity contribution in [2.45, 2.75) is 108 Å². The van der Waals surface area contributed by atoms with Crippen LogP contribution in [0.4, 0.5) is 10.2 Å². The lowest BCUT2D eigenvalue weighted by Gasteiger charge is -2.46. The van der Waals surface area contributed by atoms with Crippen molar-refractivity contribution < 1.29 is 23.5 Å². The number of halogens is 3. The van der Waals surface area contributed by atoms with Crippen LogP contribution in [0.5, 0.6) is 5.75 Å². The van der Waals surface area contributed by atoms with E-state index in [1.54, 1.807) is 24.1 Å². The molecule has 4 aliphatic rings. The molecule has 1 unspecified atom stereocenters. The Morgan fingerprint density at radius 2 is 1.84 bits per heavy atom. The van der Waals surface area contributed by atoms with Gasteiger partial charge in [-0.2, -0.15) is 5.10 Å². The minimum atomic E-state index is -0.680. The number of hydrogen-bond donors (Lipinski definition) is 3. The van der Waals surface area contributed by atoms with Gasteiger partial charge in [0.1, 0.15) is 18.0 Å². The minimum absolute atomic E-state index is 0.0772. The maximum Gasteiger partial charge on any atom is 0.255 e. The van der Waals surface area contributed by atoms with E-state index in [1.807, 2.05) is 18.5 Å². The largest absolute Gasteiger partial charge is 0.482 e. The van der Waals surface area contributed by atoms with Gasteiger partial charge in [0.05, 0.1) is 17.3 Å². The van der Waals surface area contributed by atoms with Crippen molar-refractivity contribution in [2.24, 2.45) is 5.41 Å². The molecule has 15 heteroatoms. The van der Waals surface area contributed by atoms with Crippen molar-refractivity contribution in [1.29, 1.82) is 0 Å². The highest BCUT2D eigenvalue weighted by Gasteiger charge is 2.40. The predicted molar refractivity (Wildman–Crippen MR) is 233 cm³/mol. The molecule has 3 aliphatic heterocycles. The maximum atomic E-state index is 14.2. The molecule has 322 valence electrons. The highest BCUT2D eigenvalue weighted by Crippen LogP contribution is 2.45. The number of piperidine rings is 2. The molecule has 5 heterocycles. The van der Waals surface area contributed by atoms with E-state index in [0.717, 1.165) is 94.0 Å². The molecule has 8 rings (SSSR count). The number of pyridine rings is 1. The smallest absolute Gasteiger partial charge is 0.255 e. The number of anilines is 1. The number of likely N-dealkylation sites (tertiary alicyclic amines) is 1. The molecule has 4 aromatic rings. The molecular weight excluding hydrogens is 818 g/mol. The summed E-state index contributed by atoms with van der Waals surface area (Å²) >= 11 is 12.6. The summed E-state index contributed by atoms with van der Waals surface area (Å²) in [5.41, 5.74) is 11.9. The number of ether oxygens (including phenoxy) is 1. The molecule has 61 heavy (non-hydrogen) atoms. The number of hydrogen-bond acceptors (Lipinski definition) is 8. The Morgan fingerprint density at radius 1 is 1.05 bits per heavy atom. The van der Waals surface area contributed by atoms with Gasteiger partial charge in [-0.15, -0.1) is 0 Å². The van der Waals surface area contributed by atoms with Gasteiger partial charge in [0.15, 0.2) is 11.6 Å². The second-order valence-corrected chi connectivity index (χ2v) is 18.0. The number of fused-ring (bicyclic) bond motifs is 1. The number of aryl methyl sites for hydroxylation is 1. The van der Waals surface area contributed by atoms with Crippen LogP contribution in [-0.4, -0.2) is 74.5 Å². The number of nitrogen functional groups attached to an aromatic ring is 1. The van der Waals surface area contributed by atoms with Crippen molar-refractivity contribution in [3.05, 3.63) is 105 Å². The van der Waals surface area contributed by atoms with Crippen molar-refractivity contribution in [2.75, 3.05) is 25.4 Å². The lowest BCUT2D eigenvalue weighted by molar-refractivity contribution is -0.126. The summed E-state index contributed by atoms with van der Waals surface area (Å²) in [6.45, 7) is 8.71. The van der Waals surface area contributed by atoms with Crippen molar-refractivity contribution in [3.63, 3.8) is 0 Å². The van der Waals surface area contributed by atoms with Crippen LogP contribution in [0.25, 0.3) is 11.1 Å². The Morgan fingerprint density at radius 3 is 2.59 bits per heavy atom. The van der Waals surface area contributed by atoms with E-state index in [4.69, 9.17) is 38.8 Å². The fraction of sp³-hybridized carbons (Fsp3) is 0.457. The zero-order valence-corrected chi connectivity index (χ0v) is 36.0. The first-order valence-electron chi connectivity index (χ1n) is 21.3. The topological polar surface area (TPSA) is 148 Å². The normalized spacial score (nSPS) is 22.8. The zero-order chi connectivity index (χ0) is 42.8. The first-order chi connectivity index (χ1) is 29.4. The fourth-order valence-electron chi connectivity index (χ4n) is 9.95. The van der Waals surface area contributed by atoms with E-state index < -0.39 is 18.0 Å². The number of carbonyl (C=O) groups excluding carboxylic acids is 3. The lowest BCUT2D eigenvalue weighted by atomic mass is 9.67. The van der Waals surface area contributed by atoms with Gasteiger partial charge in [-0.25, -0.2) is 9.37 Å². The minimum Gasteiger partial charge on any atom is -0.482 e. The van der Waals surface area contributed by atoms with E-state index in [2.05, 4.69) is 43.9 Å². The molecule has 12 nitrogen and oxygen atoms in total. The van der Waals surface area contributed by atoms with E-state index in [9.17, 15) is 18.8 Å². The van der Waals surface area contributed by atoms with Crippen LogP contribution in [0.3, 0.4) is 0 Å². The quantitative estimate of drug-likeness (QED) is 0.0653. The third-order valence-electron chi connectivity index (χ3n) is 13.5. The first kappa shape index (κ1) is 42.7. The highest BCUT2D eigenvalue weighted by molar-refractivity contribution is 6.36. The SMILES string of the molecule is C=C1CCC(N2Cc3cc(CCC4(CCNC=O)CCC(N5CCC(n6cc(-c7cnc(N)c(O[C@H](C)c8c(Cl)ccc(F)c8Cl)c7)cn6)CC5)CC4)ccc3C2=O)C(=O)N1. The molecule has 3 fully saturated rings. The molecule has 3 amide bonds. The van der Waals surface area contributed by atoms with E-state index in [0.29, 0.717) is 59.6 Å². The van der Waals surface area contributed by atoms with Gasteiger partial charge in [0, 0.05) is 77.6 Å². The van der Waals surface area contributed by atoms with Gasteiger partial charge in [0.25, 0.3) is 5.91 Å². The number of nitrogens with two attached hydrogens (primary N) is 1. The van der Waals surface area contributed by atoms with Crippen LogP contribution in [0.1, 0.15) is 110 Å². The molecule has 2 atom stereocenters. The Bertz CT molecular complexity index is 2300. The molecule has 1 aliphatic carbocycles. The van der Waals surface area contributed by atoms with Gasteiger partial charge in [0.2, 0.25) is 12.3 Å². The predicted octanol–water partition coefficient (Wildman–Crippen LogP) is 8.20. The highest BCUT2D eigenvalue weighted by atomic mass is 35.5. The molecule has 2 aromatic heterocycles. The number of amides is 3. The third-order valence-corrected chi connectivity index (χ3v) is 14.3. The van der Waals surface area contributed by atoms with Crippen molar-refractivity contribution in [1.82, 2.24) is 35.2 Å².